The number of nitrogens with zero attached hydrogens (tertiary/aromatic N) is 1. The third-order valence-corrected chi connectivity index (χ3v) is 5.18. The van der Waals surface area contributed by atoms with Gasteiger partial charge in [0.05, 0.1) is 0 Å². The van der Waals surface area contributed by atoms with E-state index in [1.165, 1.54) is 38.5 Å². The lowest BCUT2D eigenvalue weighted by atomic mass is 10.1. The summed E-state index contributed by atoms with van der Waals surface area (Å²) in [6.07, 6.45) is 15.3. The highest BCUT2D eigenvalue weighted by molar-refractivity contribution is 5.87. The monoisotopic (exact) mass is 425 g/mol. The van der Waals surface area contributed by atoms with Gasteiger partial charge in [0.25, 0.3) is 0 Å². The van der Waals surface area contributed by atoms with Crippen LogP contribution in [0.25, 0.3) is 0 Å². The maximum atomic E-state index is 12.6. The van der Waals surface area contributed by atoms with Crippen LogP contribution in [0, 0.1) is 0 Å². The highest BCUT2D eigenvalue weighted by Gasteiger charge is 2.19. The van der Waals surface area contributed by atoms with Crippen LogP contribution in [-0.2, 0) is 9.59 Å². The molecule has 0 aromatic heterocycles. The molecule has 2 amide bonds. The van der Waals surface area contributed by atoms with Crippen molar-refractivity contribution in [1.29, 1.82) is 0 Å². The Morgan fingerprint density at radius 2 is 1.40 bits per heavy atom. The number of carbonyl (C=O) groups is 2. The molecule has 0 aromatic rings. The van der Waals surface area contributed by atoms with E-state index in [-0.39, 0.29) is 17.8 Å². The maximum absolute atomic E-state index is 12.6. The van der Waals surface area contributed by atoms with Gasteiger partial charge < -0.3 is 22.1 Å². The van der Waals surface area contributed by atoms with Crippen molar-refractivity contribution in [3.63, 3.8) is 0 Å². The largest absolute Gasteiger partial charge is 0.370 e. The summed E-state index contributed by atoms with van der Waals surface area (Å²) in [4.78, 5) is 28.9. The Balaban J connectivity index is 4.31. The van der Waals surface area contributed by atoms with Crippen LogP contribution in [0.4, 0.5) is 0 Å². The predicted molar refractivity (Wildman–Crippen MR) is 126 cm³/mol. The van der Waals surface area contributed by atoms with Gasteiger partial charge >= 0.3 is 0 Å². The molecule has 30 heavy (non-hydrogen) atoms. The van der Waals surface area contributed by atoms with Gasteiger partial charge in [0.15, 0.2) is 5.96 Å². The molecule has 1 unspecified atom stereocenters. The minimum Gasteiger partial charge on any atom is -0.370 e. The Morgan fingerprint density at radius 1 is 0.800 bits per heavy atom. The first-order valence-corrected chi connectivity index (χ1v) is 12.1. The van der Waals surface area contributed by atoms with E-state index in [0.717, 1.165) is 44.9 Å². The quantitative estimate of drug-likeness (QED) is 0.135. The molecule has 0 aliphatic heterocycles. The van der Waals surface area contributed by atoms with Crippen LogP contribution in [0.5, 0.6) is 0 Å². The molecular formula is C23H47N5O2. The van der Waals surface area contributed by atoms with E-state index in [4.69, 9.17) is 11.5 Å². The average Bonchev–Trinajstić information content (AvgIpc) is 2.71. The number of amides is 2. The van der Waals surface area contributed by atoms with Crippen LogP contribution in [0.15, 0.2) is 4.99 Å². The fourth-order valence-corrected chi connectivity index (χ4v) is 3.33. The Kier molecular flexibility index (Phi) is 19.3. The molecule has 0 radical (unpaired) electrons. The number of unbranched alkanes of at least 4 members (excludes halogenated alkanes) is 10. The lowest BCUT2D eigenvalue weighted by Crippen LogP contribution is -2.47. The lowest BCUT2D eigenvalue weighted by Gasteiger charge is -2.18. The van der Waals surface area contributed by atoms with Crippen molar-refractivity contribution in [2.75, 3.05) is 13.1 Å². The zero-order valence-electron chi connectivity index (χ0n) is 19.5. The van der Waals surface area contributed by atoms with E-state index in [0.29, 0.717) is 25.9 Å². The van der Waals surface area contributed by atoms with E-state index < -0.39 is 6.04 Å². The van der Waals surface area contributed by atoms with E-state index in [2.05, 4.69) is 29.5 Å². The van der Waals surface area contributed by atoms with Crippen molar-refractivity contribution in [3.05, 3.63) is 0 Å². The third-order valence-electron chi connectivity index (χ3n) is 5.18. The van der Waals surface area contributed by atoms with Gasteiger partial charge in [-0.05, 0) is 32.1 Å². The normalized spacial score (nSPS) is 11.7. The van der Waals surface area contributed by atoms with E-state index in [9.17, 15) is 9.59 Å². The molecule has 0 fully saturated rings. The lowest BCUT2D eigenvalue weighted by molar-refractivity contribution is -0.129. The van der Waals surface area contributed by atoms with Crippen molar-refractivity contribution in [2.45, 2.75) is 116 Å². The smallest absolute Gasteiger partial charge is 0.242 e. The van der Waals surface area contributed by atoms with Crippen molar-refractivity contribution in [1.82, 2.24) is 10.6 Å². The van der Waals surface area contributed by atoms with Gasteiger partial charge in [0.1, 0.15) is 6.04 Å². The summed E-state index contributed by atoms with van der Waals surface area (Å²) in [6, 6.07) is -0.479. The number of guanidine groups is 1. The van der Waals surface area contributed by atoms with Crippen molar-refractivity contribution < 1.29 is 9.59 Å². The van der Waals surface area contributed by atoms with Gasteiger partial charge in [-0.3, -0.25) is 14.6 Å². The van der Waals surface area contributed by atoms with Crippen LogP contribution >= 0.6 is 0 Å². The first-order valence-electron chi connectivity index (χ1n) is 12.1. The average molecular weight is 426 g/mol. The Labute approximate surface area is 184 Å². The molecule has 6 N–H and O–H groups in total. The summed E-state index contributed by atoms with van der Waals surface area (Å²) in [5, 5.41) is 5.94. The topological polar surface area (TPSA) is 123 Å². The molecule has 0 saturated heterocycles. The second-order valence-electron chi connectivity index (χ2n) is 8.15. The van der Waals surface area contributed by atoms with Gasteiger partial charge in [0, 0.05) is 19.5 Å². The van der Waals surface area contributed by atoms with Crippen LogP contribution in [0.3, 0.4) is 0 Å². The number of aliphatic imine (C=N–C) groups is 1. The number of hydrogen-bond donors (Lipinski definition) is 4. The van der Waals surface area contributed by atoms with Gasteiger partial charge in [-0.1, -0.05) is 71.6 Å². The number of hydrogen-bond acceptors (Lipinski definition) is 3. The van der Waals surface area contributed by atoms with E-state index in [1.807, 2.05) is 0 Å². The highest BCUT2D eigenvalue weighted by Crippen LogP contribution is 2.08. The zero-order chi connectivity index (χ0) is 22.5. The van der Waals surface area contributed by atoms with Gasteiger partial charge in [-0.15, -0.1) is 0 Å². The van der Waals surface area contributed by atoms with Crippen LogP contribution in [0.1, 0.15) is 110 Å². The molecule has 0 spiro atoms. The Morgan fingerprint density at radius 3 is 2.03 bits per heavy atom. The molecule has 7 nitrogen and oxygen atoms in total. The van der Waals surface area contributed by atoms with Gasteiger partial charge in [0.2, 0.25) is 11.8 Å². The van der Waals surface area contributed by atoms with E-state index >= 15 is 0 Å². The molecule has 0 bridgehead atoms. The summed E-state index contributed by atoms with van der Waals surface area (Å²) in [5.41, 5.74) is 10.7. The molecule has 7 heteroatoms. The minimum atomic E-state index is -0.479. The number of nitrogens with one attached hydrogen (secondary N) is 2. The second-order valence-corrected chi connectivity index (χ2v) is 8.15. The molecule has 0 aliphatic carbocycles. The molecule has 0 saturated carbocycles. The molecule has 176 valence electrons. The third kappa shape index (κ3) is 18.3. The zero-order valence-corrected chi connectivity index (χ0v) is 19.5. The number of carbonyl (C=O) groups excluding carboxylic acids is 2. The van der Waals surface area contributed by atoms with Crippen molar-refractivity contribution >= 4 is 17.8 Å². The molecular weight excluding hydrogens is 378 g/mol. The summed E-state index contributed by atoms with van der Waals surface area (Å²) >= 11 is 0. The standard InChI is InChI=1S/C23H47N5O2/c1-3-5-7-9-11-14-18-26-22(30)20(16-13-15-19-27-23(24)25)28-21(29)17-12-10-8-6-4-2/h20H,3-19H2,1-2H3,(H,26,30)(H,28,29)(H4,24,25,27). The van der Waals surface area contributed by atoms with Gasteiger partial charge in [-0.25, -0.2) is 0 Å². The fourth-order valence-electron chi connectivity index (χ4n) is 3.33. The Bertz CT molecular complexity index is 465. The van der Waals surface area contributed by atoms with Gasteiger partial charge in [-0.2, -0.15) is 0 Å². The van der Waals surface area contributed by atoms with Crippen LogP contribution in [0.2, 0.25) is 0 Å². The summed E-state index contributed by atoms with van der Waals surface area (Å²) in [6.45, 7) is 5.59. The van der Waals surface area contributed by atoms with Crippen molar-refractivity contribution in [2.24, 2.45) is 16.5 Å². The first-order chi connectivity index (χ1) is 14.5. The molecule has 1 atom stereocenters. The van der Waals surface area contributed by atoms with Crippen LogP contribution < -0.4 is 22.1 Å². The van der Waals surface area contributed by atoms with Crippen LogP contribution in [-0.4, -0.2) is 36.9 Å². The van der Waals surface area contributed by atoms with Crippen molar-refractivity contribution in [3.8, 4) is 0 Å². The summed E-state index contributed by atoms with van der Waals surface area (Å²) < 4.78 is 0. The number of nitrogens with two attached hydrogens (primary N) is 2. The molecule has 0 heterocycles. The SMILES string of the molecule is CCCCCCCCNC(=O)C(CCCCN=C(N)N)NC(=O)CCCCCCC. The summed E-state index contributed by atoms with van der Waals surface area (Å²) in [7, 11) is 0. The molecule has 0 aliphatic rings. The summed E-state index contributed by atoms with van der Waals surface area (Å²) in [5.74, 6) is -0.0280. The molecule has 0 aromatic carbocycles. The minimum absolute atomic E-state index is 0.0320. The van der Waals surface area contributed by atoms with E-state index in [1.54, 1.807) is 0 Å². The number of rotatable bonds is 20. The Hall–Kier alpha value is -1.79. The first kappa shape index (κ1) is 28.2. The molecule has 0 rings (SSSR count). The second kappa shape index (κ2) is 20.5. The fraction of sp³-hybridized carbons (Fsp3) is 0.870. The predicted octanol–water partition coefficient (Wildman–Crippen LogP) is 3.75. The highest BCUT2D eigenvalue weighted by atomic mass is 16.2. The maximum Gasteiger partial charge on any atom is 0.242 e.